The Balaban J connectivity index is 2.62. The number of nitrogens with two attached hydrogens (primary N) is 2. The van der Waals surface area contributed by atoms with Gasteiger partial charge < -0.3 is 16.8 Å². The van der Waals surface area contributed by atoms with E-state index in [9.17, 15) is 4.79 Å². The SMILES string of the molecule is Cc1cc(C)nc(-c2cc(NC(N)=S)ccc2C(N)=O)n1. The third-order valence-electron chi connectivity index (χ3n) is 2.78. The van der Waals surface area contributed by atoms with Crippen LogP contribution in [0, 0.1) is 13.8 Å². The van der Waals surface area contributed by atoms with E-state index in [1.807, 2.05) is 19.9 Å². The molecule has 1 heterocycles. The lowest BCUT2D eigenvalue weighted by Crippen LogP contribution is -2.19. The summed E-state index contributed by atoms with van der Waals surface area (Å²) in [5, 5.41) is 2.95. The second kappa shape index (κ2) is 5.84. The Morgan fingerprint density at radius 2 is 1.76 bits per heavy atom. The number of aryl methyl sites for hydroxylation is 2. The largest absolute Gasteiger partial charge is 0.376 e. The molecule has 0 aliphatic rings. The van der Waals surface area contributed by atoms with Gasteiger partial charge in [0.05, 0.1) is 5.56 Å². The molecule has 0 fully saturated rings. The molecule has 0 aliphatic carbocycles. The van der Waals surface area contributed by atoms with Gasteiger partial charge in [0.1, 0.15) is 0 Å². The molecule has 0 atom stereocenters. The van der Waals surface area contributed by atoms with Crippen LogP contribution in [-0.4, -0.2) is 21.0 Å². The minimum Gasteiger partial charge on any atom is -0.376 e. The van der Waals surface area contributed by atoms with Crippen molar-refractivity contribution in [1.29, 1.82) is 0 Å². The van der Waals surface area contributed by atoms with Crippen LogP contribution < -0.4 is 16.8 Å². The summed E-state index contributed by atoms with van der Waals surface area (Å²) in [4.78, 5) is 20.3. The number of aromatic nitrogens is 2. The molecule has 0 unspecified atom stereocenters. The van der Waals surface area contributed by atoms with Gasteiger partial charge in [0, 0.05) is 22.6 Å². The van der Waals surface area contributed by atoms with Crippen LogP contribution in [0.1, 0.15) is 21.7 Å². The van der Waals surface area contributed by atoms with Crippen molar-refractivity contribution in [2.24, 2.45) is 11.5 Å². The molecule has 0 saturated carbocycles. The molecule has 1 aromatic carbocycles. The van der Waals surface area contributed by atoms with Crippen molar-refractivity contribution in [3.8, 4) is 11.4 Å². The Kier molecular flexibility index (Phi) is 4.13. The van der Waals surface area contributed by atoms with E-state index in [0.29, 0.717) is 22.6 Å². The number of nitrogens with zero attached hydrogens (tertiary/aromatic N) is 2. The molecule has 2 rings (SSSR count). The third-order valence-corrected chi connectivity index (χ3v) is 2.88. The molecule has 1 aromatic heterocycles. The number of hydrogen-bond acceptors (Lipinski definition) is 4. The zero-order valence-corrected chi connectivity index (χ0v) is 12.5. The molecule has 6 nitrogen and oxygen atoms in total. The number of carbonyl (C=O) groups excluding carboxylic acids is 1. The fourth-order valence-corrected chi connectivity index (χ4v) is 2.13. The second-order valence-corrected chi connectivity index (χ2v) is 5.03. The lowest BCUT2D eigenvalue weighted by Gasteiger charge is -2.11. The first kappa shape index (κ1) is 14.9. The summed E-state index contributed by atoms with van der Waals surface area (Å²) in [6.45, 7) is 3.72. The van der Waals surface area contributed by atoms with Crippen LogP contribution in [0.15, 0.2) is 24.3 Å². The van der Waals surface area contributed by atoms with Crippen molar-refractivity contribution < 1.29 is 4.79 Å². The standard InChI is InChI=1S/C14H15N5OS/c1-7-5-8(2)18-13(17-7)11-6-9(19-14(16)21)3-4-10(11)12(15)20/h3-6H,1-2H3,(H2,15,20)(H3,16,19,21). The molecule has 21 heavy (non-hydrogen) atoms. The lowest BCUT2D eigenvalue weighted by atomic mass is 10.0. The zero-order chi connectivity index (χ0) is 15.6. The molecule has 1 amide bonds. The fourth-order valence-electron chi connectivity index (χ4n) is 2.01. The summed E-state index contributed by atoms with van der Waals surface area (Å²) in [6, 6.07) is 6.82. The van der Waals surface area contributed by atoms with Crippen LogP contribution in [0.4, 0.5) is 5.69 Å². The molecular weight excluding hydrogens is 286 g/mol. The Morgan fingerprint density at radius 1 is 1.14 bits per heavy atom. The molecule has 0 radical (unpaired) electrons. The summed E-state index contributed by atoms with van der Waals surface area (Å²) >= 11 is 4.81. The summed E-state index contributed by atoms with van der Waals surface area (Å²) in [7, 11) is 0. The van der Waals surface area contributed by atoms with Crippen molar-refractivity contribution >= 4 is 28.9 Å². The van der Waals surface area contributed by atoms with Crippen LogP contribution >= 0.6 is 12.2 Å². The van der Waals surface area contributed by atoms with E-state index < -0.39 is 5.91 Å². The maximum atomic E-state index is 11.6. The number of primary amides is 1. The Morgan fingerprint density at radius 3 is 2.29 bits per heavy atom. The average Bonchev–Trinajstić information content (AvgIpc) is 2.36. The molecule has 0 aliphatic heterocycles. The molecule has 7 heteroatoms. The number of benzene rings is 1. The maximum Gasteiger partial charge on any atom is 0.249 e. The number of rotatable bonds is 3. The van der Waals surface area contributed by atoms with Crippen LogP contribution in [0.25, 0.3) is 11.4 Å². The molecule has 5 N–H and O–H groups in total. The number of carbonyl (C=O) groups is 1. The van der Waals surface area contributed by atoms with Crippen molar-refractivity contribution in [3.63, 3.8) is 0 Å². The molecule has 108 valence electrons. The Bertz CT molecular complexity index is 709. The summed E-state index contributed by atoms with van der Waals surface area (Å²) in [5.41, 5.74) is 14.0. The third kappa shape index (κ3) is 3.51. The maximum absolute atomic E-state index is 11.6. The zero-order valence-electron chi connectivity index (χ0n) is 11.7. The Labute approximate surface area is 127 Å². The van der Waals surface area contributed by atoms with Gasteiger partial charge in [0.2, 0.25) is 5.91 Å². The number of amides is 1. The van der Waals surface area contributed by atoms with Gasteiger partial charge in [-0.1, -0.05) is 0 Å². The first-order chi connectivity index (χ1) is 9.86. The minimum absolute atomic E-state index is 0.133. The number of hydrogen-bond donors (Lipinski definition) is 3. The predicted octanol–water partition coefficient (Wildman–Crippen LogP) is 1.51. The second-order valence-electron chi connectivity index (χ2n) is 4.59. The molecule has 0 bridgehead atoms. The first-order valence-electron chi connectivity index (χ1n) is 6.20. The van der Waals surface area contributed by atoms with Crippen LogP contribution in [-0.2, 0) is 0 Å². The highest BCUT2D eigenvalue weighted by Gasteiger charge is 2.14. The van der Waals surface area contributed by atoms with Gasteiger partial charge in [0.25, 0.3) is 0 Å². The van der Waals surface area contributed by atoms with E-state index in [1.165, 1.54) is 0 Å². The summed E-state index contributed by atoms with van der Waals surface area (Å²) in [5.74, 6) is -0.109. The van der Waals surface area contributed by atoms with E-state index in [2.05, 4.69) is 15.3 Å². The minimum atomic E-state index is -0.547. The number of anilines is 1. The summed E-state index contributed by atoms with van der Waals surface area (Å²) in [6.07, 6.45) is 0. The smallest absolute Gasteiger partial charge is 0.249 e. The van der Waals surface area contributed by atoms with Crippen molar-refractivity contribution in [2.45, 2.75) is 13.8 Å². The van der Waals surface area contributed by atoms with Gasteiger partial charge in [-0.3, -0.25) is 4.79 Å². The highest BCUT2D eigenvalue weighted by atomic mass is 32.1. The topological polar surface area (TPSA) is 107 Å². The van der Waals surface area contributed by atoms with E-state index in [4.69, 9.17) is 23.7 Å². The summed E-state index contributed by atoms with van der Waals surface area (Å²) < 4.78 is 0. The molecule has 0 saturated heterocycles. The Hall–Kier alpha value is -2.54. The number of nitrogens with one attached hydrogen (secondary N) is 1. The van der Waals surface area contributed by atoms with E-state index in [1.54, 1.807) is 18.2 Å². The van der Waals surface area contributed by atoms with Crippen molar-refractivity contribution in [1.82, 2.24) is 9.97 Å². The predicted molar refractivity (Wildman–Crippen MR) is 85.9 cm³/mol. The highest BCUT2D eigenvalue weighted by molar-refractivity contribution is 7.80. The normalized spacial score (nSPS) is 10.2. The van der Waals surface area contributed by atoms with Crippen molar-refractivity contribution in [2.75, 3.05) is 5.32 Å². The van der Waals surface area contributed by atoms with Crippen LogP contribution in [0.3, 0.4) is 0 Å². The van der Waals surface area contributed by atoms with Gasteiger partial charge in [-0.15, -0.1) is 0 Å². The van der Waals surface area contributed by atoms with Gasteiger partial charge in [-0.25, -0.2) is 9.97 Å². The molecule has 2 aromatic rings. The number of thiocarbonyl (C=S) groups is 1. The van der Waals surface area contributed by atoms with E-state index >= 15 is 0 Å². The van der Waals surface area contributed by atoms with E-state index in [0.717, 1.165) is 11.4 Å². The van der Waals surface area contributed by atoms with E-state index in [-0.39, 0.29) is 5.11 Å². The van der Waals surface area contributed by atoms with Gasteiger partial charge in [-0.05, 0) is 50.3 Å². The van der Waals surface area contributed by atoms with Gasteiger partial charge in [-0.2, -0.15) is 0 Å². The van der Waals surface area contributed by atoms with Gasteiger partial charge >= 0.3 is 0 Å². The lowest BCUT2D eigenvalue weighted by molar-refractivity contribution is 0.100. The van der Waals surface area contributed by atoms with Crippen LogP contribution in [0.5, 0.6) is 0 Å². The molecular formula is C14H15N5OS. The van der Waals surface area contributed by atoms with Gasteiger partial charge in [0.15, 0.2) is 10.9 Å². The van der Waals surface area contributed by atoms with Crippen LogP contribution in [0.2, 0.25) is 0 Å². The monoisotopic (exact) mass is 301 g/mol. The average molecular weight is 301 g/mol. The fraction of sp³-hybridized carbons (Fsp3) is 0.143. The van der Waals surface area contributed by atoms with Crippen molar-refractivity contribution in [3.05, 3.63) is 41.2 Å². The molecule has 0 spiro atoms. The first-order valence-corrected chi connectivity index (χ1v) is 6.60. The highest BCUT2D eigenvalue weighted by Crippen LogP contribution is 2.25. The quantitative estimate of drug-likeness (QED) is 0.742.